The van der Waals surface area contributed by atoms with Crippen molar-refractivity contribution >= 4 is 44.9 Å². The summed E-state index contributed by atoms with van der Waals surface area (Å²) in [5.74, 6) is -1.03. The van der Waals surface area contributed by atoms with Crippen LogP contribution >= 0.6 is 0 Å². The average molecular weight is 484 g/mol. The summed E-state index contributed by atoms with van der Waals surface area (Å²) in [7, 11) is -3.95. The zero-order valence-electron chi connectivity index (χ0n) is 18.9. The number of Topliss-reactive ketones (excluding diaryl/α,β-unsaturated/α-hetero) is 1. The number of benzene rings is 2. The molecule has 0 radical (unpaired) electrons. The second-order valence-corrected chi connectivity index (χ2v) is 9.87. The van der Waals surface area contributed by atoms with Gasteiger partial charge in [0, 0.05) is 24.2 Å². The number of sulfonamides is 1. The zero-order chi connectivity index (χ0) is 24.5. The lowest BCUT2D eigenvalue weighted by molar-refractivity contribution is -0.123. The number of nitrogens with one attached hydrogen (secondary N) is 1. The van der Waals surface area contributed by atoms with Gasteiger partial charge in [-0.1, -0.05) is 18.6 Å². The van der Waals surface area contributed by atoms with Crippen LogP contribution in [0.1, 0.15) is 60.2 Å². The van der Waals surface area contributed by atoms with E-state index in [1.165, 1.54) is 32.0 Å². The minimum absolute atomic E-state index is 0.00836. The van der Waals surface area contributed by atoms with Gasteiger partial charge in [0.25, 0.3) is 15.9 Å². The summed E-state index contributed by atoms with van der Waals surface area (Å²) in [6.45, 7) is 3.49. The molecule has 1 fully saturated rings. The third-order valence-corrected chi connectivity index (χ3v) is 7.11. The van der Waals surface area contributed by atoms with Gasteiger partial charge >= 0.3 is 5.97 Å². The third kappa shape index (κ3) is 4.86. The first kappa shape index (κ1) is 23.6. The summed E-state index contributed by atoms with van der Waals surface area (Å²) < 4.78 is 34.8. The van der Waals surface area contributed by atoms with Gasteiger partial charge in [0.05, 0.1) is 11.3 Å². The van der Waals surface area contributed by atoms with Gasteiger partial charge in [-0.25, -0.2) is 4.79 Å². The van der Waals surface area contributed by atoms with Crippen molar-refractivity contribution in [2.75, 3.05) is 16.8 Å². The second kappa shape index (κ2) is 9.38. The van der Waals surface area contributed by atoms with Crippen molar-refractivity contribution in [3.05, 3.63) is 53.6 Å². The summed E-state index contributed by atoms with van der Waals surface area (Å²) in [6.07, 6.45) is 2.23. The van der Waals surface area contributed by atoms with Gasteiger partial charge in [-0.05, 0) is 57.0 Å². The number of rotatable bonds is 5. The first-order valence-electron chi connectivity index (χ1n) is 11.0. The summed E-state index contributed by atoms with van der Waals surface area (Å²) in [5.41, 5.74) is 1.34. The van der Waals surface area contributed by atoms with Crippen LogP contribution in [0.4, 0.5) is 11.4 Å². The zero-order valence-corrected chi connectivity index (χ0v) is 19.7. The number of amidine groups is 1. The molecule has 1 N–H and O–H groups in total. The largest absolute Gasteiger partial charge is 0.449 e. The number of hydrogen-bond donors (Lipinski definition) is 1. The smallest absolute Gasteiger partial charge is 0.338 e. The van der Waals surface area contributed by atoms with Crippen LogP contribution in [0.25, 0.3) is 0 Å². The number of esters is 1. The molecule has 4 rings (SSSR count). The van der Waals surface area contributed by atoms with E-state index in [0.717, 1.165) is 19.3 Å². The van der Waals surface area contributed by atoms with E-state index in [-0.39, 0.29) is 16.2 Å². The molecule has 34 heavy (non-hydrogen) atoms. The first-order chi connectivity index (χ1) is 16.2. The number of amides is 1. The van der Waals surface area contributed by atoms with Gasteiger partial charge in [0.2, 0.25) is 0 Å². The van der Waals surface area contributed by atoms with E-state index < -0.39 is 28.0 Å². The molecule has 0 aliphatic carbocycles. The molecule has 0 aromatic heterocycles. The second-order valence-electron chi connectivity index (χ2n) is 8.30. The lowest BCUT2D eigenvalue weighted by atomic mass is 10.1. The fourth-order valence-electron chi connectivity index (χ4n) is 3.95. The van der Waals surface area contributed by atoms with Crippen molar-refractivity contribution in [1.82, 2.24) is 0 Å². The number of ether oxygens (including phenoxy) is 1. The van der Waals surface area contributed by atoms with Crippen LogP contribution < -0.4 is 10.2 Å². The van der Waals surface area contributed by atoms with Gasteiger partial charge in [-0.2, -0.15) is 8.42 Å². The molecule has 0 unspecified atom stereocenters. The normalized spacial score (nSPS) is 17.4. The number of fused-ring (bicyclic) bond motifs is 3. The minimum atomic E-state index is -3.95. The van der Waals surface area contributed by atoms with Gasteiger partial charge < -0.3 is 15.0 Å². The van der Waals surface area contributed by atoms with Gasteiger partial charge in [0.1, 0.15) is 10.7 Å². The van der Waals surface area contributed by atoms with Gasteiger partial charge in [-0.15, -0.1) is 4.40 Å². The highest BCUT2D eigenvalue weighted by atomic mass is 32.2. The maximum atomic E-state index is 12.8. The van der Waals surface area contributed by atoms with E-state index >= 15 is 0 Å². The van der Waals surface area contributed by atoms with Gasteiger partial charge in [0.15, 0.2) is 11.9 Å². The Morgan fingerprint density at radius 3 is 2.62 bits per heavy atom. The maximum Gasteiger partial charge on any atom is 0.338 e. The highest BCUT2D eigenvalue weighted by molar-refractivity contribution is 7.90. The third-order valence-electron chi connectivity index (χ3n) is 5.77. The maximum absolute atomic E-state index is 12.8. The quantitative estimate of drug-likeness (QED) is 0.510. The van der Waals surface area contributed by atoms with Crippen LogP contribution in [-0.2, 0) is 19.6 Å². The van der Waals surface area contributed by atoms with Crippen molar-refractivity contribution in [2.24, 2.45) is 4.40 Å². The van der Waals surface area contributed by atoms with E-state index in [4.69, 9.17) is 4.74 Å². The molecule has 1 atom stereocenters. The van der Waals surface area contributed by atoms with Crippen LogP contribution in [0.15, 0.2) is 51.8 Å². The van der Waals surface area contributed by atoms with E-state index in [1.807, 2.05) is 4.90 Å². The van der Waals surface area contributed by atoms with Crippen molar-refractivity contribution in [3.8, 4) is 0 Å². The SMILES string of the molecule is CC(=O)c1cccc(NC(=O)[C@@H](C)OC(=O)c2ccc3c(c2)S(=O)(=O)N=C2CCCCCN23)c1. The molecule has 178 valence electrons. The predicted octanol–water partition coefficient (Wildman–Crippen LogP) is 3.55. The standard InChI is InChI=1S/C24H25N3O6S/c1-15(28)17-7-6-8-19(13-17)25-23(29)16(2)33-24(30)18-10-11-20-21(14-18)34(31,32)26-22-9-4-3-5-12-27(20)22/h6-8,10-11,13-14,16H,3-5,9,12H2,1-2H3,(H,25,29)/t16-/m1/s1. The molecule has 9 nitrogen and oxygen atoms in total. The van der Waals surface area contributed by atoms with E-state index in [2.05, 4.69) is 9.71 Å². The number of hydrogen-bond acceptors (Lipinski definition) is 7. The van der Waals surface area contributed by atoms with Crippen LogP contribution in [0.2, 0.25) is 0 Å². The lowest BCUT2D eigenvalue weighted by Gasteiger charge is -2.29. The fraction of sp³-hybridized carbons (Fsp3) is 0.333. The van der Waals surface area contributed by atoms with E-state index in [1.54, 1.807) is 24.3 Å². The Morgan fingerprint density at radius 1 is 1.06 bits per heavy atom. The topological polar surface area (TPSA) is 122 Å². The van der Waals surface area contributed by atoms with Crippen molar-refractivity contribution in [2.45, 2.75) is 50.5 Å². The lowest BCUT2D eigenvalue weighted by Crippen LogP contribution is -2.35. The molecule has 1 saturated heterocycles. The molecular weight excluding hydrogens is 458 g/mol. The summed E-state index contributed by atoms with van der Waals surface area (Å²) >= 11 is 0. The summed E-state index contributed by atoms with van der Waals surface area (Å²) in [5, 5.41) is 2.61. The summed E-state index contributed by atoms with van der Waals surface area (Å²) in [4.78, 5) is 38.6. The Balaban J connectivity index is 1.50. The highest BCUT2D eigenvalue weighted by Gasteiger charge is 2.32. The van der Waals surface area contributed by atoms with Crippen LogP contribution in [0, 0.1) is 0 Å². The van der Waals surface area contributed by atoms with Crippen molar-refractivity contribution < 1.29 is 27.5 Å². The van der Waals surface area contributed by atoms with Crippen molar-refractivity contribution in [1.29, 1.82) is 0 Å². The van der Waals surface area contributed by atoms with Crippen LogP contribution in [-0.4, -0.2) is 44.6 Å². The molecule has 2 aliphatic heterocycles. The van der Waals surface area contributed by atoms with Gasteiger partial charge in [-0.3, -0.25) is 9.59 Å². The number of carbonyl (C=O) groups is 3. The molecule has 0 spiro atoms. The molecule has 2 aromatic rings. The molecular formula is C24H25N3O6S. The highest BCUT2D eigenvalue weighted by Crippen LogP contribution is 2.35. The van der Waals surface area contributed by atoms with Crippen LogP contribution in [0.5, 0.6) is 0 Å². The Bertz CT molecular complexity index is 1300. The fourth-order valence-corrected chi connectivity index (χ4v) is 5.23. The molecule has 1 amide bonds. The molecule has 0 bridgehead atoms. The number of anilines is 2. The Kier molecular flexibility index (Phi) is 6.52. The molecule has 2 aliphatic rings. The van der Waals surface area contributed by atoms with E-state index in [9.17, 15) is 22.8 Å². The molecule has 2 aromatic carbocycles. The Hall–Kier alpha value is -3.53. The number of nitrogens with zero attached hydrogens (tertiary/aromatic N) is 2. The number of ketones is 1. The minimum Gasteiger partial charge on any atom is -0.449 e. The predicted molar refractivity (Wildman–Crippen MR) is 127 cm³/mol. The monoisotopic (exact) mass is 483 g/mol. The molecule has 2 heterocycles. The van der Waals surface area contributed by atoms with Crippen LogP contribution in [0.3, 0.4) is 0 Å². The number of carbonyl (C=O) groups excluding carboxylic acids is 3. The molecule has 10 heteroatoms. The average Bonchev–Trinajstić information content (AvgIpc) is 3.03. The summed E-state index contributed by atoms with van der Waals surface area (Å²) in [6, 6.07) is 10.7. The molecule has 0 saturated carbocycles. The Morgan fingerprint density at radius 2 is 1.85 bits per heavy atom. The first-order valence-corrected chi connectivity index (χ1v) is 12.5. The van der Waals surface area contributed by atoms with Crippen molar-refractivity contribution in [3.63, 3.8) is 0 Å². The Labute approximate surface area is 197 Å². The van der Waals surface area contributed by atoms with E-state index in [0.29, 0.717) is 35.7 Å².